The normalized spacial score (nSPS) is 11.5. The molecule has 0 aliphatic carbocycles. The number of hydrogen-bond donors (Lipinski definition) is 1. The third-order valence-corrected chi connectivity index (χ3v) is 2.70. The van der Waals surface area contributed by atoms with E-state index in [0.29, 0.717) is 0 Å². The second kappa shape index (κ2) is 8.21. The van der Waals surface area contributed by atoms with Crippen molar-refractivity contribution in [2.75, 3.05) is 13.2 Å². The third kappa shape index (κ3) is 4.74. The SMILES string of the molecule is CCOC(=O)c1c(C(F)(F)F)nc(C(F)(F)F)c(C(N)=O)c1OCC.O. The van der Waals surface area contributed by atoms with Gasteiger partial charge in [0.25, 0.3) is 5.91 Å². The number of carbonyl (C=O) groups excluding carboxylic acids is 2. The van der Waals surface area contributed by atoms with Gasteiger partial charge < -0.3 is 20.7 Å². The first-order valence-electron chi connectivity index (χ1n) is 6.68. The molecule has 0 bridgehead atoms. The Labute approximate surface area is 142 Å². The molecule has 4 N–H and O–H groups in total. The van der Waals surface area contributed by atoms with Crippen LogP contribution in [0.4, 0.5) is 26.3 Å². The van der Waals surface area contributed by atoms with Crippen LogP contribution in [0.15, 0.2) is 0 Å². The van der Waals surface area contributed by atoms with Gasteiger partial charge in [-0.2, -0.15) is 26.3 Å². The summed E-state index contributed by atoms with van der Waals surface area (Å²) in [6.07, 6.45) is -10.9. The zero-order valence-electron chi connectivity index (χ0n) is 13.3. The van der Waals surface area contributed by atoms with E-state index in [2.05, 4.69) is 9.72 Å². The van der Waals surface area contributed by atoms with Crippen molar-refractivity contribution >= 4 is 11.9 Å². The van der Waals surface area contributed by atoms with Crippen LogP contribution in [0.25, 0.3) is 0 Å². The summed E-state index contributed by atoms with van der Waals surface area (Å²) in [4.78, 5) is 25.7. The van der Waals surface area contributed by atoms with Crippen LogP contribution in [0.1, 0.15) is 46.0 Å². The molecule has 0 radical (unpaired) electrons. The van der Waals surface area contributed by atoms with Crippen molar-refractivity contribution in [2.24, 2.45) is 5.73 Å². The van der Waals surface area contributed by atoms with Crippen LogP contribution < -0.4 is 10.5 Å². The minimum atomic E-state index is -5.45. The first kappa shape index (κ1) is 23.4. The molecule has 0 spiro atoms. The number of aromatic nitrogens is 1. The molecule has 0 aromatic carbocycles. The lowest BCUT2D eigenvalue weighted by Crippen LogP contribution is -2.28. The summed E-state index contributed by atoms with van der Waals surface area (Å²) in [7, 11) is 0. The zero-order valence-corrected chi connectivity index (χ0v) is 13.3. The number of esters is 1. The Bertz CT molecular complexity index is 687. The summed E-state index contributed by atoms with van der Waals surface area (Å²) in [5.41, 5.74) is -2.47. The number of carbonyl (C=O) groups is 2. The van der Waals surface area contributed by atoms with Crippen molar-refractivity contribution < 1.29 is 50.9 Å². The zero-order chi connectivity index (χ0) is 19.6. The second-order valence-electron chi connectivity index (χ2n) is 4.40. The Morgan fingerprint density at radius 1 is 0.962 bits per heavy atom. The first-order chi connectivity index (χ1) is 11.4. The lowest BCUT2D eigenvalue weighted by molar-refractivity contribution is -0.151. The van der Waals surface area contributed by atoms with Gasteiger partial charge >= 0.3 is 18.3 Å². The first-order valence-corrected chi connectivity index (χ1v) is 6.68. The number of alkyl halides is 6. The quantitative estimate of drug-likeness (QED) is 0.606. The predicted octanol–water partition coefficient (Wildman–Crippen LogP) is 1.97. The number of primary amides is 1. The van der Waals surface area contributed by atoms with Crippen molar-refractivity contribution in [2.45, 2.75) is 26.2 Å². The number of hydrogen-bond acceptors (Lipinski definition) is 5. The molecule has 0 aliphatic rings. The van der Waals surface area contributed by atoms with Crippen LogP contribution in [0.3, 0.4) is 0 Å². The van der Waals surface area contributed by atoms with Gasteiger partial charge in [-0.1, -0.05) is 0 Å². The van der Waals surface area contributed by atoms with E-state index in [1.54, 1.807) is 0 Å². The molecule has 1 aromatic heterocycles. The van der Waals surface area contributed by atoms with Crippen molar-refractivity contribution in [3.8, 4) is 5.75 Å². The average molecular weight is 392 g/mol. The molecule has 0 saturated carbocycles. The monoisotopic (exact) mass is 392 g/mol. The molecule has 0 fully saturated rings. The topological polar surface area (TPSA) is 123 Å². The fourth-order valence-corrected chi connectivity index (χ4v) is 1.88. The molecule has 7 nitrogen and oxygen atoms in total. The highest BCUT2D eigenvalue weighted by molar-refractivity contribution is 6.03. The molecule has 26 heavy (non-hydrogen) atoms. The van der Waals surface area contributed by atoms with E-state index in [-0.39, 0.29) is 12.1 Å². The summed E-state index contributed by atoms with van der Waals surface area (Å²) in [6.45, 7) is 1.65. The molecule has 0 aliphatic heterocycles. The number of nitrogens with zero attached hydrogens (tertiary/aromatic N) is 1. The maximum absolute atomic E-state index is 13.2. The van der Waals surface area contributed by atoms with Gasteiger partial charge in [-0.05, 0) is 13.8 Å². The molecule has 13 heteroatoms. The standard InChI is InChI=1S/C13H12F6N2O4.H2O/c1-3-24-7-5(10(20)22)8(12(14,15)16)21-9(13(17,18)19)6(7)11(23)25-4-2;/h3-4H2,1-2H3,(H2,20,22);1H2. The molecule has 1 heterocycles. The average Bonchev–Trinajstić information content (AvgIpc) is 2.44. The lowest BCUT2D eigenvalue weighted by Gasteiger charge is -2.20. The van der Waals surface area contributed by atoms with E-state index in [1.165, 1.54) is 13.8 Å². The summed E-state index contributed by atoms with van der Waals surface area (Å²) < 4.78 is 87.8. The number of halogens is 6. The van der Waals surface area contributed by atoms with Crippen molar-refractivity contribution in [1.82, 2.24) is 4.98 Å². The molecule has 1 rings (SSSR count). The molecule has 0 unspecified atom stereocenters. The highest BCUT2D eigenvalue weighted by Gasteiger charge is 2.47. The Morgan fingerprint density at radius 3 is 1.77 bits per heavy atom. The molecule has 0 atom stereocenters. The van der Waals surface area contributed by atoms with E-state index in [1.807, 2.05) is 0 Å². The lowest BCUT2D eigenvalue weighted by atomic mass is 10.0. The molecule has 0 saturated heterocycles. The van der Waals surface area contributed by atoms with E-state index in [9.17, 15) is 35.9 Å². The second-order valence-corrected chi connectivity index (χ2v) is 4.40. The Morgan fingerprint density at radius 2 is 1.42 bits per heavy atom. The van der Waals surface area contributed by atoms with E-state index in [4.69, 9.17) is 10.5 Å². The number of ether oxygens (including phenoxy) is 2. The molecule has 1 aromatic rings. The number of pyridine rings is 1. The van der Waals surface area contributed by atoms with Gasteiger partial charge in [-0.3, -0.25) is 4.79 Å². The number of amides is 1. The van der Waals surface area contributed by atoms with Crippen LogP contribution in [0, 0.1) is 0 Å². The van der Waals surface area contributed by atoms with Gasteiger partial charge in [0.15, 0.2) is 17.1 Å². The van der Waals surface area contributed by atoms with E-state index in [0.717, 1.165) is 0 Å². The van der Waals surface area contributed by atoms with Gasteiger partial charge in [0.2, 0.25) is 0 Å². The number of nitrogens with two attached hydrogens (primary N) is 1. The van der Waals surface area contributed by atoms with Gasteiger partial charge in [0.1, 0.15) is 11.1 Å². The minimum Gasteiger partial charge on any atom is -0.492 e. The number of rotatable bonds is 5. The third-order valence-electron chi connectivity index (χ3n) is 2.70. The van der Waals surface area contributed by atoms with Gasteiger partial charge in [-0.15, -0.1) is 0 Å². The van der Waals surface area contributed by atoms with Crippen molar-refractivity contribution in [3.05, 3.63) is 22.5 Å². The van der Waals surface area contributed by atoms with Gasteiger partial charge in [-0.25, -0.2) is 9.78 Å². The summed E-state index contributed by atoms with van der Waals surface area (Å²) in [6, 6.07) is 0. The summed E-state index contributed by atoms with van der Waals surface area (Å²) >= 11 is 0. The van der Waals surface area contributed by atoms with Gasteiger partial charge in [0.05, 0.1) is 13.2 Å². The molecule has 148 valence electrons. The highest BCUT2D eigenvalue weighted by Crippen LogP contribution is 2.42. The van der Waals surface area contributed by atoms with Crippen LogP contribution >= 0.6 is 0 Å². The van der Waals surface area contributed by atoms with Crippen LogP contribution in [0.2, 0.25) is 0 Å². The van der Waals surface area contributed by atoms with E-state index < -0.39 is 59.1 Å². The van der Waals surface area contributed by atoms with Gasteiger partial charge in [0, 0.05) is 0 Å². The predicted molar refractivity (Wildman–Crippen MR) is 73.5 cm³/mol. The fraction of sp³-hybridized carbons (Fsp3) is 0.462. The fourth-order valence-electron chi connectivity index (χ4n) is 1.88. The van der Waals surface area contributed by atoms with Crippen LogP contribution in [0.5, 0.6) is 5.75 Å². The largest absolute Gasteiger partial charge is 0.492 e. The summed E-state index contributed by atoms with van der Waals surface area (Å²) in [5.74, 6) is -4.69. The maximum atomic E-state index is 13.2. The Hall–Kier alpha value is -2.57. The van der Waals surface area contributed by atoms with Crippen molar-refractivity contribution in [1.29, 1.82) is 0 Å². The van der Waals surface area contributed by atoms with E-state index >= 15 is 0 Å². The Kier molecular flexibility index (Phi) is 7.39. The maximum Gasteiger partial charge on any atom is 0.434 e. The highest BCUT2D eigenvalue weighted by atomic mass is 19.4. The van der Waals surface area contributed by atoms with Crippen LogP contribution in [-0.2, 0) is 17.1 Å². The molecular formula is C13H14F6N2O5. The van der Waals surface area contributed by atoms with Crippen molar-refractivity contribution in [3.63, 3.8) is 0 Å². The Balaban J connectivity index is 0.00000625. The smallest absolute Gasteiger partial charge is 0.434 e. The minimum absolute atomic E-state index is 0. The summed E-state index contributed by atoms with van der Waals surface area (Å²) in [5, 5.41) is 0. The molecule has 1 amide bonds. The molecular weight excluding hydrogens is 378 g/mol. The van der Waals surface area contributed by atoms with Crippen LogP contribution in [-0.4, -0.2) is 35.6 Å².